The van der Waals surface area contributed by atoms with E-state index in [1.54, 1.807) is 0 Å². The predicted molar refractivity (Wildman–Crippen MR) is 125 cm³/mol. The zero-order valence-electron chi connectivity index (χ0n) is 16.6. The van der Waals surface area contributed by atoms with Crippen molar-refractivity contribution >= 4 is 11.3 Å². The molecule has 1 aliphatic heterocycles. The Labute approximate surface area is 177 Å². The van der Waals surface area contributed by atoms with Crippen LogP contribution in [0.3, 0.4) is 0 Å². The standard InChI is InChI=1S/C29H22O/c1-4-10-22(11-5-1)24-16-18-26(19-17-24)29-21-27(23-12-6-2-7-13-23)20-28(30-29)25-14-8-3-9-15-25/h1-21,28H. The van der Waals surface area contributed by atoms with Crippen LogP contribution < -0.4 is 0 Å². The first-order valence-corrected chi connectivity index (χ1v) is 10.2. The molecule has 0 saturated heterocycles. The molecule has 0 N–H and O–H groups in total. The molecule has 5 rings (SSSR count). The first-order valence-electron chi connectivity index (χ1n) is 10.2. The lowest BCUT2D eigenvalue weighted by Gasteiger charge is -2.25. The third-order valence-electron chi connectivity index (χ3n) is 5.38. The van der Waals surface area contributed by atoms with Gasteiger partial charge in [0.25, 0.3) is 0 Å². The van der Waals surface area contributed by atoms with Crippen molar-refractivity contribution < 1.29 is 4.74 Å². The summed E-state index contributed by atoms with van der Waals surface area (Å²) in [7, 11) is 0. The van der Waals surface area contributed by atoms with Gasteiger partial charge in [-0.15, -0.1) is 0 Å². The summed E-state index contributed by atoms with van der Waals surface area (Å²) in [6.45, 7) is 0. The van der Waals surface area contributed by atoms with Gasteiger partial charge in [-0.25, -0.2) is 0 Å². The average Bonchev–Trinajstić information content (AvgIpc) is 2.85. The Bertz CT molecular complexity index is 1170. The van der Waals surface area contributed by atoms with E-state index in [1.807, 2.05) is 18.2 Å². The van der Waals surface area contributed by atoms with E-state index in [4.69, 9.17) is 4.74 Å². The monoisotopic (exact) mass is 386 g/mol. The minimum absolute atomic E-state index is 0.116. The fraction of sp³-hybridized carbons (Fsp3) is 0.0345. The zero-order chi connectivity index (χ0) is 20.2. The van der Waals surface area contributed by atoms with Gasteiger partial charge in [0.15, 0.2) is 0 Å². The number of allylic oxidation sites excluding steroid dienone is 2. The fourth-order valence-electron chi connectivity index (χ4n) is 3.78. The molecule has 1 atom stereocenters. The van der Waals surface area contributed by atoms with Crippen LogP contribution in [0.4, 0.5) is 0 Å². The molecular weight excluding hydrogens is 364 g/mol. The molecule has 4 aromatic rings. The number of ether oxygens (including phenoxy) is 1. The van der Waals surface area contributed by atoms with Crippen LogP contribution in [0.2, 0.25) is 0 Å². The second kappa shape index (κ2) is 8.26. The van der Waals surface area contributed by atoms with Crippen molar-refractivity contribution in [3.8, 4) is 11.1 Å². The van der Waals surface area contributed by atoms with Crippen molar-refractivity contribution in [3.63, 3.8) is 0 Å². The van der Waals surface area contributed by atoms with Crippen molar-refractivity contribution in [2.75, 3.05) is 0 Å². The molecule has 1 aliphatic rings. The average molecular weight is 386 g/mol. The Morgan fingerprint density at radius 3 is 1.60 bits per heavy atom. The molecule has 1 unspecified atom stereocenters. The highest BCUT2D eigenvalue weighted by Crippen LogP contribution is 2.37. The SMILES string of the molecule is C1=C(c2ccccc2)C=C(c2ccc(-c3ccccc3)cc2)OC1c1ccccc1. The molecule has 1 nitrogen and oxygen atoms in total. The minimum atomic E-state index is -0.116. The highest BCUT2D eigenvalue weighted by atomic mass is 16.5. The highest BCUT2D eigenvalue weighted by molar-refractivity contribution is 5.84. The van der Waals surface area contributed by atoms with Gasteiger partial charge in [-0.3, -0.25) is 0 Å². The van der Waals surface area contributed by atoms with E-state index in [0.29, 0.717) is 0 Å². The highest BCUT2D eigenvalue weighted by Gasteiger charge is 2.20. The molecule has 0 saturated carbocycles. The van der Waals surface area contributed by atoms with Crippen molar-refractivity contribution in [2.45, 2.75) is 6.10 Å². The molecular formula is C29H22O. The van der Waals surface area contributed by atoms with Crippen LogP contribution in [0, 0.1) is 0 Å². The Hall–Kier alpha value is -3.84. The molecule has 0 amide bonds. The van der Waals surface area contributed by atoms with Crippen LogP contribution >= 0.6 is 0 Å². The second-order valence-electron chi connectivity index (χ2n) is 7.39. The first-order chi connectivity index (χ1) is 14.9. The summed E-state index contributed by atoms with van der Waals surface area (Å²) in [5.74, 6) is 0.893. The van der Waals surface area contributed by atoms with Gasteiger partial charge in [0.1, 0.15) is 11.9 Å². The maximum atomic E-state index is 6.44. The zero-order valence-corrected chi connectivity index (χ0v) is 16.6. The molecule has 144 valence electrons. The lowest BCUT2D eigenvalue weighted by atomic mass is 9.96. The topological polar surface area (TPSA) is 9.23 Å². The molecule has 0 aromatic heterocycles. The molecule has 0 fully saturated rings. The van der Waals surface area contributed by atoms with Crippen molar-refractivity contribution in [3.05, 3.63) is 144 Å². The van der Waals surface area contributed by atoms with Crippen LogP contribution in [-0.4, -0.2) is 0 Å². The Balaban J connectivity index is 1.52. The molecule has 0 bridgehead atoms. The summed E-state index contributed by atoms with van der Waals surface area (Å²) >= 11 is 0. The van der Waals surface area contributed by atoms with Gasteiger partial charge in [0.05, 0.1) is 0 Å². The van der Waals surface area contributed by atoms with E-state index in [1.165, 1.54) is 22.3 Å². The minimum Gasteiger partial charge on any atom is -0.481 e. The molecule has 0 radical (unpaired) electrons. The summed E-state index contributed by atoms with van der Waals surface area (Å²) in [5.41, 5.74) is 7.02. The molecule has 30 heavy (non-hydrogen) atoms. The van der Waals surface area contributed by atoms with E-state index in [0.717, 1.165) is 16.9 Å². The van der Waals surface area contributed by atoms with Crippen LogP contribution in [0.25, 0.3) is 22.5 Å². The van der Waals surface area contributed by atoms with Gasteiger partial charge in [-0.05, 0) is 40.0 Å². The second-order valence-corrected chi connectivity index (χ2v) is 7.39. The molecule has 0 spiro atoms. The number of benzene rings is 4. The van der Waals surface area contributed by atoms with E-state index >= 15 is 0 Å². The van der Waals surface area contributed by atoms with E-state index in [-0.39, 0.29) is 6.10 Å². The van der Waals surface area contributed by atoms with Crippen LogP contribution in [-0.2, 0) is 4.74 Å². The molecule has 0 aliphatic carbocycles. The summed E-state index contributed by atoms with van der Waals surface area (Å²) in [4.78, 5) is 0. The smallest absolute Gasteiger partial charge is 0.143 e. The Kier molecular flexibility index (Phi) is 5.01. The molecule has 4 aromatic carbocycles. The summed E-state index contributed by atoms with van der Waals surface area (Å²) in [6, 6.07) is 39.9. The summed E-state index contributed by atoms with van der Waals surface area (Å²) in [6.07, 6.45) is 4.23. The molecule has 1 heteroatoms. The lowest BCUT2D eigenvalue weighted by molar-refractivity contribution is 0.213. The van der Waals surface area contributed by atoms with Gasteiger partial charge in [0, 0.05) is 5.56 Å². The summed E-state index contributed by atoms with van der Waals surface area (Å²) < 4.78 is 6.44. The van der Waals surface area contributed by atoms with Crippen LogP contribution in [0.5, 0.6) is 0 Å². The quantitative estimate of drug-likeness (QED) is 0.352. The first kappa shape index (κ1) is 18.2. The van der Waals surface area contributed by atoms with E-state index in [2.05, 4.69) is 109 Å². The van der Waals surface area contributed by atoms with Gasteiger partial charge in [0.2, 0.25) is 0 Å². The van der Waals surface area contributed by atoms with E-state index < -0.39 is 0 Å². The molecule has 1 heterocycles. The Morgan fingerprint density at radius 2 is 0.967 bits per heavy atom. The largest absolute Gasteiger partial charge is 0.481 e. The number of hydrogen-bond acceptors (Lipinski definition) is 1. The summed E-state index contributed by atoms with van der Waals surface area (Å²) in [5, 5.41) is 0. The van der Waals surface area contributed by atoms with Gasteiger partial charge in [-0.2, -0.15) is 0 Å². The van der Waals surface area contributed by atoms with Crippen molar-refractivity contribution in [2.24, 2.45) is 0 Å². The maximum Gasteiger partial charge on any atom is 0.143 e. The fourth-order valence-corrected chi connectivity index (χ4v) is 3.78. The van der Waals surface area contributed by atoms with Crippen molar-refractivity contribution in [1.82, 2.24) is 0 Å². The van der Waals surface area contributed by atoms with Gasteiger partial charge >= 0.3 is 0 Å². The third kappa shape index (κ3) is 3.83. The number of rotatable bonds is 4. The normalized spacial score (nSPS) is 15.7. The third-order valence-corrected chi connectivity index (χ3v) is 5.38. The predicted octanol–water partition coefficient (Wildman–Crippen LogP) is 7.55. The van der Waals surface area contributed by atoms with Crippen molar-refractivity contribution in [1.29, 1.82) is 0 Å². The van der Waals surface area contributed by atoms with Crippen LogP contribution in [0.15, 0.2) is 127 Å². The number of hydrogen-bond donors (Lipinski definition) is 0. The van der Waals surface area contributed by atoms with Gasteiger partial charge in [-0.1, -0.05) is 115 Å². The van der Waals surface area contributed by atoms with E-state index in [9.17, 15) is 0 Å². The Morgan fingerprint density at radius 1 is 0.467 bits per heavy atom. The maximum absolute atomic E-state index is 6.44. The van der Waals surface area contributed by atoms with Crippen LogP contribution in [0.1, 0.15) is 22.8 Å². The van der Waals surface area contributed by atoms with Gasteiger partial charge < -0.3 is 4.74 Å². The lowest BCUT2D eigenvalue weighted by Crippen LogP contribution is -2.07.